The Labute approximate surface area is 255 Å². The van der Waals surface area contributed by atoms with Crippen LogP contribution < -0.4 is 10.6 Å². The standard InChI is InChI=1S/C29H24ClF2N7O4S/c1-4-22(40)38-13-12-37(15-17(38)8-10-33)26-18-14-21(32)24(23-19(30)6-5-7-20(23)31)35-27(18)39(29(41)36-26)25-16(2)9-11-34-28(25)44(3,42)43/h4-7,9,11,14,17H,1,8,12-13,15H2,2-3H3. The molecule has 15 heteroatoms. The van der Waals surface area contributed by atoms with Crippen molar-refractivity contribution in [2.24, 2.45) is 0 Å². The van der Waals surface area contributed by atoms with Gasteiger partial charge in [0.05, 0.1) is 40.2 Å². The van der Waals surface area contributed by atoms with E-state index in [1.165, 1.54) is 29.3 Å². The summed E-state index contributed by atoms with van der Waals surface area (Å²) in [4.78, 5) is 42.0. The van der Waals surface area contributed by atoms with Crippen molar-refractivity contribution >= 4 is 44.2 Å². The van der Waals surface area contributed by atoms with Gasteiger partial charge in [-0.05, 0) is 42.8 Å². The number of pyridine rings is 2. The Hall–Kier alpha value is -4.74. The van der Waals surface area contributed by atoms with E-state index in [-0.39, 0.29) is 65.1 Å². The molecule has 4 aromatic rings. The summed E-state index contributed by atoms with van der Waals surface area (Å²) in [6, 6.07) is 7.70. The van der Waals surface area contributed by atoms with E-state index < -0.39 is 43.9 Å². The number of aryl methyl sites for hydroxylation is 1. The van der Waals surface area contributed by atoms with Crippen LogP contribution in [0, 0.1) is 29.9 Å². The van der Waals surface area contributed by atoms with Crippen LogP contribution in [0.2, 0.25) is 5.02 Å². The van der Waals surface area contributed by atoms with Crippen molar-refractivity contribution in [2.75, 3.05) is 30.8 Å². The average molecular weight is 640 g/mol. The molecule has 1 fully saturated rings. The number of halogens is 3. The van der Waals surface area contributed by atoms with Crippen molar-refractivity contribution in [3.8, 4) is 23.0 Å². The summed E-state index contributed by atoms with van der Waals surface area (Å²) in [5, 5.41) is 8.80. The lowest BCUT2D eigenvalue weighted by Gasteiger charge is -2.41. The molecular weight excluding hydrogens is 616 g/mol. The summed E-state index contributed by atoms with van der Waals surface area (Å²) >= 11 is 6.24. The van der Waals surface area contributed by atoms with Crippen molar-refractivity contribution < 1.29 is 22.0 Å². The van der Waals surface area contributed by atoms with Crippen LogP contribution in [0.15, 0.2) is 59.0 Å². The average Bonchev–Trinajstić information content (AvgIpc) is 2.97. The van der Waals surface area contributed by atoms with Crippen LogP contribution in [0.5, 0.6) is 0 Å². The van der Waals surface area contributed by atoms with Gasteiger partial charge in [0, 0.05) is 32.1 Å². The smallest absolute Gasteiger partial charge is 0.352 e. The fourth-order valence-electron chi connectivity index (χ4n) is 5.25. The van der Waals surface area contributed by atoms with Gasteiger partial charge in [-0.1, -0.05) is 24.2 Å². The maximum absolute atomic E-state index is 15.9. The molecule has 1 amide bonds. The number of carbonyl (C=O) groups is 1. The molecule has 1 saturated heterocycles. The predicted octanol–water partition coefficient (Wildman–Crippen LogP) is 3.60. The number of amides is 1. The summed E-state index contributed by atoms with van der Waals surface area (Å²) in [7, 11) is -4.00. The normalized spacial score (nSPS) is 15.3. The predicted molar refractivity (Wildman–Crippen MR) is 159 cm³/mol. The van der Waals surface area contributed by atoms with Gasteiger partial charge in [0.2, 0.25) is 5.91 Å². The Morgan fingerprint density at radius 3 is 2.64 bits per heavy atom. The van der Waals surface area contributed by atoms with Crippen LogP contribution >= 0.6 is 11.6 Å². The van der Waals surface area contributed by atoms with Crippen molar-refractivity contribution in [3.63, 3.8) is 0 Å². The second-order valence-corrected chi connectivity index (χ2v) is 12.4. The van der Waals surface area contributed by atoms with Crippen LogP contribution in [-0.2, 0) is 14.6 Å². The lowest BCUT2D eigenvalue weighted by Crippen LogP contribution is -2.55. The van der Waals surface area contributed by atoms with Crippen LogP contribution in [0.3, 0.4) is 0 Å². The topological polar surface area (TPSA) is 142 Å². The molecule has 1 aliphatic heterocycles. The van der Waals surface area contributed by atoms with Gasteiger partial charge in [0.15, 0.2) is 26.3 Å². The monoisotopic (exact) mass is 639 g/mol. The molecule has 0 bridgehead atoms. The molecule has 1 aromatic carbocycles. The molecule has 11 nitrogen and oxygen atoms in total. The van der Waals surface area contributed by atoms with Crippen molar-refractivity contribution in [1.82, 2.24) is 24.4 Å². The fraction of sp³-hybridized carbons (Fsp3) is 0.241. The maximum Gasteiger partial charge on any atom is 0.355 e. The number of rotatable bonds is 6. The molecule has 44 heavy (non-hydrogen) atoms. The molecule has 0 N–H and O–H groups in total. The van der Waals surface area contributed by atoms with E-state index in [0.717, 1.165) is 29.0 Å². The van der Waals surface area contributed by atoms with Crippen molar-refractivity contribution in [2.45, 2.75) is 24.4 Å². The maximum atomic E-state index is 15.9. The number of hydrogen-bond acceptors (Lipinski definition) is 9. The zero-order valence-corrected chi connectivity index (χ0v) is 25.0. The van der Waals surface area contributed by atoms with Gasteiger partial charge in [-0.15, -0.1) is 0 Å². The molecule has 1 unspecified atom stereocenters. The number of sulfone groups is 1. The number of hydrogen-bond donors (Lipinski definition) is 0. The number of nitrogens with zero attached hydrogens (tertiary/aromatic N) is 7. The Balaban J connectivity index is 1.85. The Morgan fingerprint density at radius 1 is 1.23 bits per heavy atom. The lowest BCUT2D eigenvalue weighted by molar-refractivity contribution is -0.128. The van der Waals surface area contributed by atoms with Gasteiger partial charge in [-0.3, -0.25) is 4.79 Å². The van der Waals surface area contributed by atoms with E-state index >= 15 is 4.39 Å². The molecule has 226 valence electrons. The third-order valence-electron chi connectivity index (χ3n) is 7.24. The SMILES string of the molecule is C=CC(=O)N1CCN(c2nc(=O)n(-c3c(C)ccnc3S(C)(=O)=O)c3nc(-c4c(F)cccc4Cl)c(F)cc23)CC1CC#N. The second kappa shape index (κ2) is 11.7. The minimum absolute atomic E-state index is 0.0137. The highest BCUT2D eigenvalue weighted by Gasteiger charge is 2.33. The number of benzene rings is 1. The highest BCUT2D eigenvalue weighted by molar-refractivity contribution is 7.90. The van der Waals surface area contributed by atoms with Gasteiger partial charge in [0.25, 0.3) is 0 Å². The number of carbonyl (C=O) groups excluding carboxylic acids is 1. The largest absolute Gasteiger partial charge is 0.355 e. The number of piperazine rings is 1. The summed E-state index contributed by atoms with van der Waals surface area (Å²) < 4.78 is 57.3. The zero-order valence-electron chi connectivity index (χ0n) is 23.5. The highest BCUT2D eigenvalue weighted by Crippen LogP contribution is 2.36. The Morgan fingerprint density at radius 2 is 1.98 bits per heavy atom. The number of fused-ring (bicyclic) bond motifs is 1. The minimum Gasteiger partial charge on any atom is -0.352 e. The van der Waals surface area contributed by atoms with Gasteiger partial charge in [0.1, 0.15) is 17.3 Å². The number of nitriles is 1. The molecule has 1 atom stereocenters. The minimum atomic E-state index is -4.00. The van der Waals surface area contributed by atoms with Crippen molar-refractivity contribution in [1.29, 1.82) is 5.26 Å². The molecule has 0 spiro atoms. The quantitative estimate of drug-likeness (QED) is 0.289. The first kappa shape index (κ1) is 30.7. The summed E-state index contributed by atoms with van der Waals surface area (Å²) in [6.45, 7) is 5.41. The Bertz CT molecular complexity index is 2040. The third kappa shape index (κ3) is 5.40. The van der Waals surface area contributed by atoms with Crippen LogP contribution in [0.25, 0.3) is 28.0 Å². The first-order chi connectivity index (χ1) is 20.9. The molecule has 3 aromatic heterocycles. The van der Waals surface area contributed by atoms with Gasteiger partial charge in [-0.2, -0.15) is 10.2 Å². The van der Waals surface area contributed by atoms with E-state index in [2.05, 4.69) is 21.5 Å². The molecular formula is C29H24ClF2N7O4S. The van der Waals surface area contributed by atoms with Crippen molar-refractivity contribution in [3.05, 3.63) is 81.9 Å². The molecule has 0 saturated carbocycles. The van der Waals surface area contributed by atoms with E-state index in [9.17, 15) is 27.7 Å². The highest BCUT2D eigenvalue weighted by atomic mass is 35.5. The third-order valence-corrected chi connectivity index (χ3v) is 8.55. The number of aromatic nitrogens is 4. The molecule has 1 aliphatic rings. The van der Waals surface area contributed by atoms with E-state index in [1.54, 1.807) is 11.8 Å². The first-order valence-corrected chi connectivity index (χ1v) is 15.4. The second-order valence-electron chi connectivity index (χ2n) is 10.1. The van der Waals surface area contributed by atoms with Gasteiger partial charge >= 0.3 is 5.69 Å². The zero-order chi connectivity index (χ0) is 31.9. The van der Waals surface area contributed by atoms with Crippen LogP contribution in [-0.4, -0.2) is 70.7 Å². The van der Waals surface area contributed by atoms with E-state index in [0.29, 0.717) is 5.56 Å². The molecule has 0 aliphatic carbocycles. The van der Waals surface area contributed by atoms with E-state index in [4.69, 9.17) is 11.6 Å². The summed E-state index contributed by atoms with van der Waals surface area (Å²) in [6.07, 6.45) is 3.28. The Kier molecular flexibility index (Phi) is 8.19. The summed E-state index contributed by atoms with van der Waals surface area (Å²) in [5.41, 5.74) is -1.92. The van der Waals surface area contributed by atoms with E-state index in [1.807, 2.05) is 6.07 Å². The first-order valence-electron chi connectivity index (χ1n) is 13.2. The van der Waals surface area contributed by atoms with Crippen LogP contribution in [0.1, 0.15) is 12.0 Å². The molecule has 4 heterocycles. The lowest BCUT2D eigenvalue weighted by atomic mass is 10.1. The fourth-order valence-corrected chi connectivity index (χ4v) is 6.36. The summed E-state index contributed by atoms with van der Waals surface area (Å²) in [5.74, 6) is -2.26. The molecule has 5 rings (SSSR count). The number of anilines is 1. The van der Waals surface area contributed by atoms with Gasteiger partial charge in [-0.25, -0.2) is 36.5 Å². The van der Waals surface area contributed by atoms with Crippen LogP contribution in [0.4, 0.5) is 14.6 Å². The van der Waals surface area contributed by atoms with Gasteiger partial charge < -0.3 is 9.80 Å². The molecule has 0 radical (unpaired) electrons.